The summed E-state index contributed by atoms with van der Waals surface area (Å²) in [7, 11) is 0. The Bertz CT molecular complexity index is 564. The molecular formula is C17H25NO5. The molecule has 0 aliphatic rings. The Morgan fingerprint density at radius 3 is 2.39 bits per heavy atom. The van der Waals surface area contributed by atoms with Crippen LogP contribution in [0.25, 0.3) is 0 Å². The number of hydrogen-bond donors (Lipinski definition) is 3. The van der Waals surface area contributed by atoms with Gasteiger partial charge in [0.05, 0.1) is 0 Å². The van der Waals surface area contributed by atoms with E-state index < -0.39 is 23.1 Å². The van der Waals surface area contributed by atoms with E-state index in [0.717, 1.165) is 5.56 Å². The van der Waals surface area contributed by atoms with Gasteiger partial charge in [0.25, 0.3) is 0 Å². The first-order chi connectivity index (χ1) is 10.6. The van der Waals surface area contributed by atoms with Crippen molar-refractivity contribution >= 4 is 12.1 Å². The van der Waals surface area contributed by atoms with E-state index in [1.165, 1.54) is 0 Å². The molecule has 0 aliphatic heterocycles. The van der Waals surface area contributed by atoms with Gasteiger partial charge in [0, 0.05) is 13.2 Å². The fourth-order valence-corrected chi connectivity index (χ4v) is 2.31. The average Bonchev–Trinajstić information content (AvgIpc) is 2.41. The van der Waals surface area contributed by atoms with Crippen molar-refractivity contribution < 1.29 is 24.5 Å². The molecule has 0 saturated carbocycles. The monoisotopic (exact) mass is 323 g/mol. The molecule has 1 amide bonds. The molecule has 0 radical (unpaired) electrons. The maximum Gasteiger partial charge on any atom is 0.407 e. The fraction of sp³-hybridized carbons (Fsp3) is 0.529. The van der Waals surface area contributed by atoms with Gasteiger partial charge in [-0.2, -0.15) is 0 Å². The van der Waals surface area contributed by atoms with Crippen LogP contribution in [0, 0.1) is 6.92 Å². The minimum Gasteiger partial charge on any atom is -0.481 e. The second-order valence-electron chi connectivity index (χ2n) is 6.59. The summed E-state index contributed by atoms with van der Waals surface area (Å²) < 4.78 is 5.15. The predicted molar refractivity (Wildman–Crippen MR) is 86.4 cm³/mol. The molecule has 23 heavy (non-hydrogen) atoms. The second kappa shape index (κ2) is 7.46. The summed E-state index contributed by atoms with van der Waals surface area (Å²) in [5.41, 5.74) is -0.632. The Balaban J connectivity index is 3.06. The predicted octanol–water partition coefficient (Wildman–Crippen LogP) is 2.22. The number of carboxylic acids is 1. The molecule has 0 aromatic heterocycles. The maximum absolute atomic E-state index is 11.9. The van der Waals surface area contributed by atoms with Gasteiger partial charge in [0.2, 0.25) is 0 Å². The van der Waals surface area contributed by atoms with Gasteiger partial charge in [-0.05, 0) is 39.7 Å². The van der Waals surface area contributed by atoms with E-state index in [-0.39, 0.29) is 19.6 Å². The summed E-state index contributed by atoms with van der Waals surface area (Å²) in [6.07, 6.45) is -0.699. The summed E-state index contributed by atoms with van der Waals surface area (Å²) in [6.45, 7) is 6.57. The molecule has 0 aliphatic carbocycles. The van der Waals surface area contributed by atoms with Crippen molar-refractivity contribution in [1.29, 1.82) is 0 Å². The first-order valence-electron chi connectivity index (χ1n) is 7.49. The van der Waals surface area contributed by atoms with Crippen molar-refractivity contribution in [2.24, 2.45) is 0 Å². The number of amides is 1. The van der Waals surface area contributed by atoms with Gasteiger partial charge in [-0.15, -0.1) is 0 Å². The zero-order valence-corrected chi connectivity index (χ0v) is 14.0. The molecule has 0 spiro atoms. The zero-order valence-electron chi connectivity index (χ0n) is 14.0. The van der Waals surface area contributed by atoms with Crippen molar-refractivity contribution in [3.05, 3.63) is 35.4 Å². The van der Waals surface area contributed by atoms with Gasteiger partial charge in [-0.3, -0.25) is 4.79 Å². The van der Waals surface area contributed by atoms with Crippen LogP contribution in [-0.4, -0.2) is 41.0 Å². The number of alkyl carbamates (subject to hydrolysis) is 1. The number of aliphatic carboxylic acids is 1. The molecule has 6 nitrogen and oxygen atoms in total. The van der Waals surface area contributed by atoms with Crippen LogP contribution in [0.1, 0.15) is 38.3 Å². The lowest BCUT2D eigenvalue weighted by Gasteiger charge is -2.30. The van der Waals surface area contributed by atoms with E-state index in [1.54, 1.807) is 39.0 Å². The normalized spacial score (nSPS) is 14.0. The van der Waals surface area contributed by atoms with Crippen LogP contribution in [0.4, 0.5) is 4.79 Å². The average molecular weight is 323 g/mol. The third-order valence-electron chi connectivity index (χ3n) is 3.45. The van der Waals surface area contributed by atoms with Crippen LogP contribution in [0.15, 0.2) is 24.3 Å². The van der Waals surface area contributed by atoms with Crippen LogP contribution < -0.4 is 5.32 Å². The SMILES string of the molecule is Cc1cccc(C(CCO)(CNC(=O)OC(C)(C)C)C(=O)O)c1. The largest absolute Gasteiger partial charge is 0.481 e. The van der Waals surface area contributed by atoms with E-state index in [0.29, 0.717) is 5.56 Å². The van der Waals surface area contributed by atoms with Crippen LogP contribution in [0.2, 0.25) is 0 Å². The van der Waals surface area contributed by atoms with Gasteiger partial charge in [0.1, 0.15) is 11.0 Å². The van der Waals surface area contributed by atoms with E-state index in [1.807, 2.05) is 13.0 Å². The summed E-state index contributed by atoms with van der Waals surface area (Å²) in [4.78, 5) is 23.8. The highest BCUT2D eigenvalue weighted by molar-refractivity contribution is 5.83. The van der Waals surface area contributed by atoms with Crippen molar-refractivity contribution in [3.8, 4) is 0 Å². The molecule has 0 bridgehead atoms. The highest BCUT2D eigenvalue weighted by Gasteiger charge is 2.40. The topological polar surface area (TPSA) is 95.9 Å². The molecule has 0 heterocycles. The van der Waals surface area contributed by atoms with Crippen LogP contribution in [0.3, 0.4) is 0 Å². The van der Waals surface area contributed by atoms with Gasteiger partial charge < -0.3 is 20.3 Å². The zero-order chi connectivity index (χ0) is 17.7. The third kappa shape index (κ3) is 5.25. The van der Waals surface area contributed by atoms with Crippen molar-refractivity contribution in [2.75, 3.05) is 13.2 Å². The molecule has 0 fully saturated rings. The van der Waals surface area contributed by atoms with Gasteiger partial charge in [-0.25, -0.2) is 4.79 Å². The van der Waals surface area contributed by atoms with Crippen molar-refractivity contribution in [3.63, 3.8) is 0 Å². The maximum atomic E-state index is 11.9. The number of carboxylic acid groups (broad SMARTS) is 1. The number of aliphatic hydroxyl groups is 1. The number of rotatable bonds is 6. The van der Waals surface area contributed by atoms with Crippen molar-refractivity contribution in [1.82, 2.24) is 5.32 Å². The lowest BCUT2D eigenvalue weighted by atomic mass is 9.77. The number of nitrogens with one attached hydrogen (secondary N) is 1. The minimum absolute atomic E-state index is 0.0123. The molecule has 3 N–H and O–H groups in total. The van der Waals surface area contributed by atoms with Crippen LogP contribution in [-0.2, 0) is 14.9 Å². The highest BCUT2D eigenvalue weighted by atomic mass is 16.6. The molecule has 1 aromatic carbocycles. The summed E-state index contributed by atoms with van der Waals surface area (Å²) in [5.74, 6) is -1.10. The molecule has 0 saturated heterocycles. The van der Waals surface area contributed by atoms with E-state index in [9.17, 15) is 19.8 Å². The smallest absolute Gasteiger partial charge is 0.407 e. The fourth-order valence-electron chi connectivity index (χ4n) is 2.31. The number of carbonyl (C=O) groups excluding carboxylic acids is 1. The molecule has 128 valence electrons. The van der Waals surface area contributed by atoms with E-state index in [2.05, 4.69) is 5.32 Å². The van der Waals surface area contributed by atoms with Crippen molar-refractivity contribution in [2.45, 2.75) is 45.1 Å². The highest BCUT2D eigenvalue weighted by Crippen LogP contribution is 2.29. The molecule has 1 rings (SSSR count). The Kier molecular flexibility index (Phi) is 6.15. The lowest BCUT2D eigenvalue weighted by Crippen LogP contribution is -2.48. The first kappa shape index (κ1) is 19.0. The molecule has 1 unspecified atom stereocenters. The van der Waals surface area contributed by atoms with E-state index >= 15 is 0 Å². The molecule has 6 heteroatoms. The van der Waals surface area contributed by atoms with Gasteiger partial charge in [-0.1, -0.05) is 29.8 Å². The Hall–Kier alpha value is -2.08. The molecular weight excluding hydrogens is 298 g/mol. The second-order valence-corrected chi connectivity index (χ2v) is 6.59. The van der Waals surface area contributed by atoms with Crippen LogP contribution in [0.5, 0.6) is 0 Å². The Morgan fingerprint density at radius 2 is 1.91 bits per heavy atom. The standard InChI is InChI=1S/C17H25NO5/c1-12-6-5-7-13(10-12)17(8-9-19,14(20)21)11-18-15(22)23-16(2,3)4/h5-7,10,19H,8-9,11H2,1-4H3,(H,18,22)(H,20,21). The number of ether oxygens (including phenoxy) is 1. The Morgan fingerprint density at radius 1 is 1.26 bits per heavy atom. The number of hydrogen-bond acceptors (Lipinski definition) is 4. The number of benzene rings is 1. The Labute approximate surface area is 136 Å². The first-order valence-corrected chi connectivity index (χ1v) is 7.49. The summed E-state index contributed by atoms with van der Waals surface area (Å²) in [5, 5.41) is 21.6. The van der Waals surface area contributed by atoms with Crippen LogP contribution >= 0.6 is 0 Å². The summed E-state index contributed by atoms with van der Waals surface area (Å²) in [6, 6.07) is 7.05. The summed E-state index contributed by atoms with van der Waals surface area (Å²) >= 11 is 0. The molecule has 1 atom stereocenters. The number of aryl methyl sites for hydroxylation is 1. The van der Waals surface area contributed by atoms with Gasteiger partial charge in [0.15, 0.2) is 0 Å². The molecule has 1 aromatic rings. The van der Waals surface area contributed by atoms with E-state index in [4.69, 9.17) is 4.74 Å². The third-order valence-corrected chi connectivity index (χ3v) is 3.45. The quantitative estimate of drug-likeness (QED) is 0.746. The van der Waals surface area contributed by atoms with Gasteiger partial charge >= 0.3 is 12.1 Å². The number of aliphatic hydroxyl groups excluding tert-OH is 1. The lowest BCUT2D eigenvalue weighted by molar-refractivity contribution is -0.144. The number of carbonyl (C=O) groups is 2. The minimum atomic E-state index is -1.41.